The second-order valence-corrected chi connectivity index (χ2v) is 6.75. The highest BCUT2D eigenvalue weighted by Crippen LogP contribution is 2.30. The smallest absolute Gasteiger partial charge is 0.251 e. The van der Waals surface area contributed by atoms with Crippen molar-refractivity contribution in [2.24, 2.45) is 0 Å². The highest BCUT2D eigenvalue weighted by molar-refractivity contribution is 5.94. The van der Waals surface area contributed by atoms with Crippen molar-refractivity contribution in [3.05, 3.63) is 23.8 Å². The van der Waals surface area contributed by atoms with E-state index in [1.165, 1.54) is 0 Å². The Kier molecular flexibility index (Phi) is 7.26. The molecule has 0 unspecified atom stereocenters. The molecule has 26 heavy (non-hydrogen) atoms. The van der Waals surface area contributed by atoms with Crippen molar-refractivity contribution in [1.29, 1.82) is 0 Å². The Morgan fingerprint density at radius 3 is 2.50 bits per heavy atom. The summed E-state index contributed by atoms with van der Waals surface area (Å²) in [6, 6.07) is 5.21. The number of hydrogen-bond donors (Lipinski definition) is 1. The lowest BCUT2D eigenvalue weighted by Gasteiger charge is -2.31. The van der Waals surface area contributed by atoms with E-state index in [2.05, 4.69) is 5.32 Å². The third kappa shape index (κ3) is 5.62. The van der Waals surface area contributed by atoms with E-state index in [0.717, 1.165) is 19.4 Å². The van der Waals surface area contributed by atoms with Crippen molar-refractivity contribution in [2.45, 2.75) is 25.9 Å². The number of amides is 2. The molecule has 1 N–H and O–H groups in total. The van der Waals surface area contributed by atoms with E-state index in [4.69, 9.17) is 9.47 Å². The minimum Gasteiger partial charge on any atom is -0.493 e. The Bertz CT molecular complexity index is 625. The summed E-state index contributed by atoms with van der Waals surface area (Å²) in [5, 5.41) is 2.90. The molecule has 7 nitrogen and oxygen atoms in total. The van der Waals surface area contributed by atoms with E-state index < -0.39 is 0 Å². The Hall–Kier alpha value is -2.28. The van der Waals surface area contributed by atoms with E-state index in [-0.39, 0.29) is 17.9 Å². The number of nitrogens with one attached hydrogen (secondary N) is 1. The molecule has 0 saturated carbocycles. The average molecular weight is 363 g/mol. The van der Waals surface area contributed by atoms with Crippen LogP contribution in [0.2, 0.25) is 0 Å². The molecule has 1 heterocycles. The molecule has 2 rings (SSSR count). The predicted octanol–water partition coefficient (Wildman–Crippen LogP) is 1.38. The second kappa shape index (κ2) is 9.43. The molecule has 0 aliphatic carbocycles. The molecule has 0 bridgehead atoms. The topological polar surface area (TPSA) is 71.1 Å². The Morgan fingerprint density at radius 1 is 1.23 bits per heavy atom. The minimum atomic E-state index is -0.134. The summed E-state index contributed by atoms with van der Waals surface area (Å²) in [7, 11) is 5.50. The molecule has 0 aromatic heterocycles. The second-order valence-electron chi connectivity index (χ2n) is 6.75. The number of benzene rings is 1. The van der Waals surface area contributed by atoms with Gasteiger partial charge in [-0.1, -0.05) is 0 Å². The van der Waals surface area contributed by atoms with E-state index in [1.807, 2.05) is 23.9 Å². The highest BCUT2D eigenvalue weighted by atomic mass is 16.5. The van der Waals surface area contributed by atoms with Crippen LogP contribution < -0.4 is 14.8 Å². The third-order valence-corrected chi connectivity index (χ3v) is 4.45. The van der Waals surface area contributed by atoms with Crippen molar-refractivity contribution >= 4 is 11.8 Å². The predicted molar refractivity (Wildman–Crippen MR) is 99.8 cm³/mol. The zero-order valence-electron chi connectivity index (χ0n) is 16.1. The fourth-order valence-corrected chi connectivity index (χ4v) is 2.87. The monoisotopic (exact) mass is 363 g/mol. The Morgan fingerprint density at radius 2 is 1.92 bits per heavy atom. The summed E-state index contributed by atoms with van der Waals surface area (Å²) in [5.74, 6) is 1.13. The fraction of sp³-hybridized carbons (Fsp3) is 0.579. The van der Waals surface area contributed by atoms with Crippen LogP contribution in [0.25, 0.3) is 0 Å². The SMILES string of the molecule is COc1ccc(C(=O)NCCN(C)C)cc1OC1CCN(C(C)=O)CC1. The lowest BCUT2D eigenvalue weighted by Crippen LogP contribution is -2.40. The maximum atomic E-state index is 12.3. The van der Waals surface area contributed by atoms with E-state index in [9.17, 15) is 9.59 Å². The molecule has 0 atom stereocenters. The number of carbonyl (C=O) groups excluding carboxylic acids is 2. The van der Waals surface area contributed by atoms with E-state index in [0.29, 0.717) is 36.7 Å². The van der Waals surface area contributed by atoms with Gasteiger partial charge in [-0.2, -0.15) is 0 Å². The van der Waals surface area contributed by atoms with Crippen molar-refractivity contribution in [3.63, 3.8) is 0 Å². The zero-order chi connectivity index (χ0) is 19.1. The standard InChI is InChI=1S/C19H29N3O4/c1-14(23)22-10-7-16(8-11-22)26-18-13-15(5-6-17(18)25-4)19(24)20-9-12-21(2)3/h5-6,13,16H,7-12H2,1-4H3,(H,20,24). The third-order valence-electron chi connectivity index (χ3n) is 4.45. The molecule has 1 aromatic rings. The summed E-state index contributed by atoms with van der Waals surface area (Å²) in [4.78, 5) is 27.6. The number of likely N-dealkylation sites (tertiary alicyclic amines) is 1. The number of carbonyl (C=O) groups is 2. The van der Waals surface area contributed by atoms with Gasteiger partial charge in [0.1, 0.15) is 6.10 Å². The molecule has 1 aromatic carbocycles. The number of hydrogen-bond acceptors (Lipinski definition) is 5. The number of ether oxygens (including phenoxy) is 2. The van der Waals surface area contributed by atoms with Crippen LogP contribution in [0.4, 0.5) is 0 Å². The first-order chi connectivity index (χ1) is 12.4. The molecule has 1 fully saturated rings. The molecule has 1 aliphatic rings. The van der Waals surface area contributed by atoms with Gasteiger partial charge in [-0.15, -0.1) is 0 Å². The molecule has 1 aliphatic heterocycles. The summed E-state index contributed by atoms with van der Waals surface area (Å²) in [6.45, 7) is 4.32. The maximum Gasteiger partial charge on any atom is 0.251 e. The van der Waals surface area contributed by atoms with Crippen LogP contribution in [-0.2, 0) is 4.79 Å². The molecular formula is C19H29N3O4. The van der Waals surface area contributed by atoms with Gasteiger partial charge >= 0.3 is 0 Å². The molecule has 2 amide bonds. The van der Waals surface area contributed by atoms with Crippen LogP contribution in [0.15, 0.2) is 18.2 Å². The van der Waals surface area contributed by atoms with Gasteiger partial charge in [0.2, 0.25) is 5.91 Å². The van der Waals surface area contributed by atoms with Crippen LogP contribution in [0.5, 0.6) is 11.5 Å². The van der Waals surface area contributed by atoms with Crippen LogP contribution in [0.1, 0.15) is 30.1 Å². The first-order valence-corrected chi connectivity index (χ1v) is 8.94. The van der Waals surface area contributed by atoms with Gasteiger partial charge in [-0.3, -0.25) is 9.59 Å². The van der Waals surface area contributed by atoms with Gasteiger partial charge in [-0.25, -0.2) is 0 Å². The molecule has 0 spiro atoms. The highest BCUT2D eigenvalue weighted by Gasteiger charge is 2.23. The largest absolute Gasteiger partial charge is 0.493 e. The quantitative estimate of drug-likeness (QED) is 0.792. The van der Waals surface area contributed by atoms with Gasteiger partial charge in [0.05, 0.1) is 7.11 Å². The van der Waals surface area contributed by atoms with Gasteiger partial charge in [0.15, 0.2) is 11.5 Å². The summed E-state index contributed by atoms with van der Waals surface area (Å²) < 4.78 is 11.5. The van der Waals surface area contributed by atoms with Crippen molar-refractivity contribution in [3.8, 4) is 11.5 Å². The maximum absolute atomic E-state index is 12.3. The number of methoxy groups -OCH3 is 1. The first-order valence-electron chi connectivity index (χ1n) is 8.94. The lowest BCUT2D eigenvalue weighted by atomic mass is 10.1. The number of nitrogens with zero attached hydrogens (tertiary/aromatic N) is 2. The molecule has 1 saturated heterocycles. The van der Waals surface area contributed by atoms with Gasteiger partial charge < -0.3 is 24.6 Å². The molecular weight excluding hydrogens is 334 g/mol. The van der Waals surface area contributed by atoms with Gasteiger partial charge in [0, 0.05) is 51.5 Å². The first kappa shape index (κ1) is 20.0. The molecule has 0 radical (unpaired) electrons. The van der Waals surface area contributed by atoms with Crippen LogP contribution in [0, 0.1) is 0 Å². The van der Waals surface area contributed by atoms with Crippen LogP contribution >= 0.6 is 0 Å². The summed E-state index contributed by atoms with van der Waals surface area (Å²) in [5.41, 5.74) is 0.542. The van der Waals surface area contributed by atoms with E-state index in [1.54, 1.807) is 32.2 Å². The number of likely N-dealkylation sites (N-methyl/N-ethyl adjacent to an activating group) is 1. The molecule has 7 heteroatoms. The van der Waals surface area contributed by atoms with E-state index >= 15 is 0 Å². The van der Waals surface area contributed by atoms with Gasteiger partial charge in [-0.05, 0) is 32.3 Å². The zero-order valence-corrected chi connectivity index (χ0v) is 16.1. The van der Waals surface area contributed by atoms with Crippen molar-refractivity contribution in [1.82, 2.24) is 15.1 Å². The minimum absolute atomic E-state index is 0.00607. The fourth-order valence-electron chi connectivity index (χ4n) is 2.87. The normalized spacial score (nSPS) is 15.0. The Labute approximate surface area is 155 Å². The van der Waals surface area contributed by atoms with Gasteiger partial charge in [0.25, 0.3) is 5.91 Å². The average Bonchev–Trinajstić information content (AvgIpc) is 2.61. The Balaban J connectivity index is 2.00. The number of piperidine rings is 1. The summed E-state index contributed by atoms with van der Waals surface area (Å²) in [6.07, 6.45) is 1.54. The van der Waals surface area contributed by atoms with Crippen LogP contribution in [-0.4, -0.2) is 75.1 Å². The molecule has 144 valence electrons. The van der Waals surface area contributed by atoms with Crippen molar-refractivity contribution < 1.29 is 19.1 Å². The summed E-state index contributed by atoms with van der Waals surface area (Å²) >= 11 is 0. The van der Waals surface area contributed by atoms with Crippen LogP contribution in [0.3, 0.4) is 0 Å². The van der Waals surface area contributed by atoms with Crippen molar-refractivity contribution in [2.75, 3.05) is 47.4 Å². The lowest BCUT2D eigenvalue weighted by molar-refractivity contribution is -0.130. The number of rotatable bonds is 7.